The van der Waals surface area contributed by atoms with Gasteiger partial charge in [-0.3, -0.25) is 4.99 Å². The fourth-order valence-corrected chi connectivity index (χ4v) is 2.59. The first-order chi connectivity index (χ1) is 7.80. The Morgan fingerprint density at radius 2 is 2.12 bits per heavy atom. The Bertz CT molecular complexity index is 268. The molecule has 1 saturated heterocycles. The molecular weight excluding hydrogens is 230 g/mol. The lowest BCUT2D eigenvalue weighted by atomic mass is 9.85. The molecule has 0 aromatic rings. The van der Waals surface area contributed by atoms with Crippen LogP contribution < -0.4 is 5.32 Å². The highest BCUT2D eigenvalue weighted by atomic mass is 32.2. The van der Waals surface area contributed by atoms with Crippen LogP contribution in [0.15, 0.2) is 4.99 Å². The standard InChI is InChI=1S/C13H27N3S/c1-10(16(5)6)9-14-12-15-11(7-8-17-12)13(2,3)4/h10-11H,7-9H2,1-6H3,(H,14,15). The van der Waals surface area contributed by atoms with Gasteiger partial charge in [-0.2, -0.15) is 0 Å². The molecule has 1 N–H and O–H groups in total. The summed E-state index contributed by atoms with van der Waals surface area (Å²) >= 11 is 1.86. The second kappa shape index (κ2) is 6.10. The first-order valence-electron chi connectivity index (χ1n) is 6.41. The number of amidine groups is 1. The molecule has 0 aliphatic carbocycles. The number of hydrogen-bond donors (Lipinski definition) is 1. The Kier molecular flexibility index (Phi) is 5.32. The Hall–Kier alpha value is -0.220. The Labute approximate surface area is 110 Å². The van der Waals surface area contributed by atoms with Crippen molar-refractivity contribution < 1.29 is 0 Å². The Morgan fingerprint density at radius 3 is 2.65 bits per heavy atom. The zero-order chi connectivity index (χ0) is 13.1. The third-order valence-corrected chi connectivity index (χ3v) is 4.33. The van der Waals surface area contributed by atoms with Crippen LogP contribution in [-0.4, -0.2) is 48.5 Å². The molecule has 0 radical (unpaired) electrons. The lowest BCUT2D eigenvalue weighted by Crippen LogP contribution is -2.46. The lowest BCUT2D eigenvalue weighted by molar-refractivity contribution is 0.289. The van der Waals surface area contributed by atoms with Crippen molar-refractivity contribution in [2.24, 2.45) is 10.4 Å². The maximum absolute atomic E-state index is 4.69. The highest BCUT2D eigenvalue weighted by Gasteiger charge is 2.28. The molecule has 100 valence electrons. The zero-order valence-corrected chi connectivity index (χ0v) is 12.9. The van der Waals surface area contributed by atoms with Crippen LogP contribution in [-0.2, 0) is 0 Å². The fourth-order valence-electron chi connectivity index (χ4n) is 1.66. The molecule has 0 bridgehead atoms. The van der Waals surface area contributed by atoms with E-state index in [1.165, 1.54) is 12.2 Å². The summed E-state index contributed by atoms with van der Waals surface area (Å²) in [5.41, 5.74) is 0.314. The van der Waals surface area contributed by atoms with Crippen LogP contribution in [0, 0.1) is 5.41 Å². The van der Waals surface area contributed by atoms with Gasteiger partial charge in [0.2, 0.25) is 0 Å². The minimum atomic E-state index is 0.314. The van der Waals surface area contributed by atoms with E-state index in [9.17, 15) is 0 Å². The van der Waals surface area contributed by atoms with Gasteiger partial charge in [0, 0.05) is 17.8 Å². The third-order valence-electron chi connectivity index (χ3n) is 3.37. The molecule has 3 nitrogen and oxygen atoms in total. The van der Waals surface area contributed by atoms with Gasteiger partial charge in [0.15, 0.2) is 5.17 Å². The molecule has 0 spiro atoms. The molecule has 1 fully saturated rings. The second-order valence-electron chi connectivity index (χ2n) is 6.16. The van der Waals surface area contributed by atoms with Gasteiger partial charge in [0.05, 0.1) is 6.54 Å². The van der Waals surface area contributed by atoms with Crippen molar-refractivity contribution >= 4 is 16.9 Å². The van der Waals surface area contributed by atoms with E-state index < -0.39 is 0 Å². The molecule has 4 heteroatoms. The van der Waals surface area contributed by atoms with Crippen molar-refractivity contribution in [3.8, 4) is 0 Å². The number of rotatable bonds is 3. The number of hydrogen-bond acceptors (Lipinski definition) is 3. The number of likely N-dealkylation sites (N-methyl/N-ethyl adjacent to an activating group) is 1. The second-order valence-corrected chi connectivity index (χ2v) is 7.24. The maximum atomic E-state index is 4.69. The number of nitrogens with one attached hydrogen (secondary N) is 1. The first kappa shape index (κ1) is 14.8. The molecule has 2 atom stereocenters. The molecular formula is C13H27N3S. The first-order valence-corrected chi connectivity index (χ1v) is 7.39. The van der Waals surface area contributed by atoms with Crippen LogP contribution in [0.3, 0.4) is 0 Å². The quantitative estimate of drug-likeness (QED) is 0.841. The van der Waals surface area contributed by atoms with Gasteiger partial charge in [-0.25, -0.2) is 0 Å². The van der Waals surface area contributed by atoms with Gasteiger partial charge >= 0.3 is 0 Å². The molecule has 1 aliphatic heterocycles. The minimum absolute atomic E-state index is 0.314. The van der Waals surface area contributed by atoms with Gasteiger partial charge in [0.1, 0.15) is 0 Å². The molecule has 0 aromatic carbocycles. The molecule has 17 heavy (non-hydrogen) atoms. The van der Waals surface area contributed by atoms with Crippen LogP contribution in [0.5, 0.6) is 0 Å². The number of thioether (sulfide) groups is 1. The Balaban J connectivity index is 2.52. The average molecular weight is 257 g/mol. The topological polar surface area (TPSA) is 27.6 Å². The fraction of sp³-hybridized carbons (Fsp3) is 0.923. The smallest absolute Gasteiger partial charge is 0.156 e. The van der Waals surface area contributed by atoms with Crippen LogP contribution in [0.1, 0.15) is 34.1 Å². The highest BCUT2D eigenvalue weighted by molar-refractivity contribution is 8.13. The summed E-state index contributed by atoms with van der Waals surface area (Å²) in [6, 6.07) is 1.05. The molecule has 0 aromatic heterocycles. The van der Waals surface area contributed by atoms with Gasteiger partial charge in [-0.1, -0.05) is 32.5 Å². The van der Waals surface area contributed by atoms with Crippen LogP contribution in [0.2, 0.25) is 0 Å². The molecule has 1 aliphatic rings. The lowest BCUT2D eigenvalue weighted by Gasteiger charge is -2.35. The van der Waals surface area contributed by atoms with Crippen molar-refractivity contribution in [3.63, 3.8) is 0 Å². The minimum Gasteiger partial charge on any atom is -0.362 e. The largest absolute Gasteiger partial charge is 0.362 e. The van der Waals surface area contributed by atoms with Crippen LogP contribution in [0.25, 0.3) is 0 Å². The van der Waals surface area contributed by atoms with E-state index in [4.69, 9.17) is 4.99 Å². The van der Waals surface area contributed by atoms with Crippen molar-refractivity contribution in [1.29, 1.82) is 0 Å². The van der Waals surface area contributed by atoms with E-state index in [-0.39, 0.29) is 0 Å². The van der Waals surface area contributed by atoms with Crippen LogP contribution in [0.4, 0.5) is 0 Å². The van der Waals surface area contributed by atoms with Gasteiger partial charge < -0.3 is 10.2 Å². The van der Waals surface area contributed by atoms with E-state index >= 15 is 0 Å². The van der Waals surface area contributed by atoms with E-state index in [0.29, 0.717) is 17.5 Å². The van der Waals surface area contributed by atoms with Crippen LogP contribution >= 0.6 is 11.8 Å². The van der Waals surface area contributed by atoms with Crippen molar-refractivity contribution in [3.05, 3.63) is 0 Å². The van der Waals surface area contributed by atoms with Gasteiger partial charge in [-0.15, -0.1) is 0 Å². The summed E-state index contributed by atoms with van der Waals surface area (Å²) in [7, 11) is 4.20. The summed E-state index contributed by atoms with van der Waals surface area (Å²) < 4.78 is 0. The summed E-state index contributed by atoms with van der Waals surface area (Å²) in [6.45, 7) is 9.96. The average Bonchev–Trinajstić information content (AvgIpc) is 2.25. The predicted octanol–water partition coefficient (Wildman–Crippen LogP) is 2.43. The summed E-state index contributed by atoms with van der Waals surface area (Å²) in [5.74, 6) is 1.18. The van der Waals surface area contributed by atoms with Crippen molar-refractivity contribution in [1.82, 2.24) is 10.2 Å². The number of aliphatic imine (C=N–C) groups is 1. The summed E-state index contributed by atoms with van der Waals surface area (Å²) in [6.07, 6.45) is 1.23. The normalized spacial score (nSPS) is 26.1. The summed E-state index contributed by atoms with van der Waals surface area (Å²) in [4.78, 5) is 6.90. The number of nitrogens with zero attached hydrogens (tertiary/aromatic N) is 2. The van der Waals surface area contributed by atoms with E-state index in [0.717, 1.165) is 11.7 Å². The molecule has 0 saturated carbocycles. The molecule has 2 unspecified atom stereocenters. The van der Waals surface area contributed by atoms with E-state index in [1.54, 1.807) is 0 Å². The van der Waals surface area contributed by atoms with E-state index in [1.807, 2.05) is 11.8 Å². The van der Waals surface area contributed by atoms with Crippen molar-refractivity contribution in [2.75, 3.05) is 26.4 Å². The predicted molar refractivity (Wildman–Crippen MR) is 78.9 cm³/mol. The van der Waals surface area contributed by atoms with Gasteiger partial charge in [-0.05, 0) is 32.9 Å². The molecule has 0 amide bonds. The SMILES string of the molecule is CC(CN=C1NC(C(C)(C)C)CCS1)N(C)C. The monoisotopic (exact) mass is 257 g/mol. The highest BCUT2D eigenvalue weighted by Crippen LogP contribution is 2.27. The zero-order valence-electron chi connectivity index (χ0n) is 12.1. The molecule has 1 rings (SSSR count). The third kappa shape index (κ3) is 4.88. The Morgan fingerprint density at radius 1 is 1.47 bits per heavy atom. The van der Waals surface area contributed by atoms with Crippen molar-refractivity contribution in [2.45, 2.75) is 46.2 Å². The summed E-state index contributed by atoms with van der Waals surface area (Å²) in [5, 5.41) is 4.71. The van der Waals surface area contributed by atoms with Gasteiger partial charge in [0.25, 0.3) is 0 Å². The van der Waals surface area contributed by atoms with E-state index in [2.05, 4.69) is 52.0 Å². The maximum Gasteiger partial charge on any atom is 0.156 e. The molecule has 1 heterocycles.